The molecule has 0 aromatic heterocycles. The van der Waals surface area contributed by atoms with Crippen LogP contribution in [-0.2, 0) is 4.79 Å². The number of carbonyl (C=O) groups is 1. The van der Waals surface area contributed by atoms with Crippen molar-refractivity contribution >= 4 is 5.97 Å². The molecule has 1 unspecified atom stereocenters. The molecule has 4 heteroatoms. The Bertz CT molecular complexity index is 282. The second-order valence-electron chi connectivity index (χ2n) is 6.65. The van der Waals surface area contributed by atoms with Crippen LogP contribution in [0.25, 0.3) is 0 Å². The van der Waals surface area contributed by atoms with E-state index in [4.69, 9.17) is 5.11 Å². The summed E-state index contributed by atoms with van der Waals surface area (Å²) in [4.78, 5) is 13.1. The molecule has 1 heterocycles. The topological polar surface area (TPSA) is 52.6 Å². The summed E-state index contributed by atoms with van der Waals surface area (Å²) in [6.45, 7) is 12.8. The summed E-state index contributed by atoms with van der Waals surface area (Å²) >= 11 is 0. The minimum Gasteiger partial charge on any atom is -0.481 e. The molecule has 0 aromatic rings. The lowest BCUT2D eigenvalue weighted by Crippen LogP contribution is -2.65. The molecule has 1 saturated heterocycles. The third-order valence-electron chi connectivity index (χ3n) is 3.38. The molecule has 0 spiro atoms. The highest BCUT2D eigenvalue weighted by molar-refractivity contribution is 5.66. The van der Waals surface area contributed by atoms with Crippen LogP contribution in [0.5, 0.6) is 0 Å². The first kappa shape index (κ1) is 14.5. The van der Waals surface area contributed by atoms with E-state index in [9.17, 15) is 4.79 Å². The average molecular weight is 242 g/mol. The Morgan fingerprint density at radius 1 is 1.47 bits per heavy atom. The molecule has 0 saturated carbocycles. The number of hydrogen-bond donors (Lipinski definition) is 2. The quantitative estimate of drug-likeness (QED) is 0.791. The van der Waals surface area contributed by atoms with Crippen LogP contribution < -0.4 is 5.32 Å². The summed E-state index contributed by atoms with van der Waals surface area (Å²) in [6, 6.07) is 0.319. The predicted molar refractivity (Wildman–Crippen MR) is 69.2 cm³/mol. The van der Waals surface area contributed by atoms with Crippen molar-refractivity contribution in [2.45, 2.75) is 64.6 Å². The minimum atomic E-state index is -0.705. The SMILES string of the molecule is CC1(C)CN(C(C)(C)C)C(CCC(=O)O)CN1. The predicted octanol–water partition coefficient (Wildman–Crippen LogP) is 1.70. The molecule has 0 aromatic carbocycles. The van der Waals surface area contributed by atoms with Crippen LogP contribution in [0.4, 0.5) is 0 Å². The van der Waals surface area contributed by atoms with Gasteiger partial charge in [0.05, 0.1) is 0 Å². The van der Waals surface area contributed by atoms with E-state index in [2.05, 4.69) is 44.8 Å². The Balaban J connectivity index is 2.71. The van der Waals surface area contributed by atoms with Crippen LogP contribution in [0.3, 0.4) is 0 Å². The third-order valence-corrected chi connectivity index (χ3v) is 3.38. The Morgan fingerprint density at radius 3 is 2.53 bits per heavy atom. The van der Waals surface area contributed by atoms with Crippen molar-refractivity contribution in [2.75, 3.05) is 13.1 Å². The van der Waals surface area contributed by atoms with E-state index in [1.807, 2.05) is 0 Å². The minimum absolute atomic E-state index is 0.0859. The fraction of sp³-hybridized carbons (Fsp3) is 0.923. The van der Waals surface area contributed by atoms with Gasteiger partial charge in [-0.25, -0.2) is 0 Å². The molecule has 4 nitrogen and oxygen atoms in total. The van der Waals surface area contributed by atoms with E-state index in [1.54, 1.807) is 0 Å². The van der Waals surface area contributed by atoms with Crippen molar-refractivity contribution in [3.05, 3.63) is 0 Å². The van der Waals surface area contributed by atoms with Gasteiger partial charge in [-0.1, -0.05) is 0 Å². The number of carboxylic acids is 1. The van der Waals surface area contributed by atoms with Crippen molar-refractivity contribution in [1.29, 1.82) is 0 Å². The monoisotopic (exact) mass is 242 g/mol. The van der Waals surface area contributed by atoms with Gasteiger partial charge in [-0.3, -0.25) is 9.69 Å². The molecule has 1 aliphatic heterocycles. The molecule has 0 aliphatic carbocycles. The van der Waals surface area contributed by atoms with Gasteiger partial charge in [-0.2, -0.15) is 0 Å². The van der Waals surface area contributed by atoms with Gasteiger partial charge in [0, 0.05) is 36.6 Å². The maximum atomic E-state index is 10.7. The molecular formula is C13H26N2O2. The van der Waals surface area contributed by atoms with Crippen molar-refractivity contribution in [2.24, 2.45) is 0 Å². The highest BCUT2D eigenvalue weighted by Crippen LogP contribution is 2.26. The van der Waals surface area contributed by atoms with E-state index >= 15 is 0 Å². The molecule has 0 amide bonds. The van der Waals surface area contributed by atoms with Gasteiger partial charge in [0.1, 0.15) is 0 Å². The zero-order valence-electron chi connectivity index (χ0n) is 11.7. The first-order valence-electron chi connectivity index (χ1n) is 6.35. The van der Waals surface area contributed by atoms with Crippen LogP contribution in [0.15, 0.2) is 0 Å². The molecule has 2 N–H and O–H groups in total. The molecule has 17 heavy (non-hydrogen) atoms. The molecular weight excluding hydrogens is 216 g/mol. The number of rotatable bonds is 3. The largest absolute Gasteiger partial charge is 0.481 e. The van der Waals surface area contributed by atoms with E-state index in [0.29, 0.717) is 6.04 Å². The second-order valence-corrected chi connectivity index (χ2v) is 6.65. The summed E-state index contributed by atoms with van der Waals surface area (Å²) in [7, 11) is 0. The summed E-state index contributed by atoms with van der Waals surface area (Å²) in [5.41, 5.74) is 0.190. The lowest BCUT2D eigenvalue weighted by atomic mass is 9.91. The number of nitrogens with one attached hydrogen (secondary N) is 1. The lowest BCUT2D eigenvalue weighted by molar-refractivity contribution is -0.137. The third kappa shape index (κ3) is 4.28. The molecule has 100 valence electrons. The van der Waals surface area contributed by atoms with Crippen LogP contribution in [0.1, 0.15) is 47.5 Å². The Kier molecular flexibility index (Phi) is 4.20. The van der Waals surface area contributed by atoms with Gasteiger partial charge in [-0.15, -0.1) is 0 Å². The molecule has 1 atom stereocenters. The smallest absolute Gasteiger partial charge is 0.303 e. The Morgan fingerprint density at radius 2 is 2.06 bits per heavy atom. The van der Waals surface area contributed by atoms with Gasteiger partial charge >= 0.3 is 5.97 Å². The Labute approximate surface area is 104 Å². The zero-order valence-corrected chi connectivity index (χ0v) is 11.7. The summed E-state index contributed by atoms with van der Waals surface area (Å²) in [5.74, 6) is -0.705. The van der Waals surface area contributed by atoms with Crippen molar-refractivity contribution < 1.29 is 9.90 Å². The summed E-state index contributed by atoms with van der Waals surface area (Å²) in [6.07, 6.45) is 0.967. The zero-order chi connectivity index (χ0) is 13.3. The van der Waals surface area contributed by atoms with Gasteiger partial charge in [0.25, 0.3) is 0 Å². The average Bonchev–Trinajstić information content (AvgIpc) is 2.13. The first-order valence-corrected chi connectivity index (χ1v) is 6.35. The van der Waals surface area contributed by atoms with Gasteiger partial charge in [0.15, 0.2) is 0 Å². The normalized spacial score (nSPS) is 25.8. The second kappa shape index (κ2) is 4.94. The van der Waals surface area contributed by atoms with Crippen molar-refractivity contribution in [1.82, 2.24) is 10.2 Å². The van der Waals surface area contributed by atoms with E-state index in [-0.39, 0.29) is 17.5 Å². The molecule has 0 radical (unpaired) electrons. The number of aliphatic carboxylic acids is 1. The number of hydrogen-bond acceptors (Lipinski definition) is 3. The van der Waals surface area contributed by atoms with E-state index < -0.39 is 5.97 Å². The van der Waals surface area contributed by atoms with Gasteiger partial charge < -0.3 is 10.4 Å². The van der Waals surface area contributed by atoms with Gasteiger partial charge in [0.2, 0.25) is 0 Å². The van der Waals surface area contributed by atoms with E-state index in [1.165, 1.54) is 0 Å². The van der Waals surface area contributed by atoms with Crippen LogP contribution >= 0.6 is 0 Å². The fourth-order valence-electron chi connectivity index (χ4n) is 2.45. The number of nitrogens with zero attached hydrogens (tertiary/aromatic N) is 1. The summed E-state index contributed by atoms with van der Waals surface area (Å²) in [5, 5.41) is 12.3. The van der Waals surface area contributed by atoms with Gasteiger partial charge in [-0.05, 0) is 41.0 Å². The first-order chi connectivity index (χ1) is 7.62. The standard InChI is InChI=1S/C13H26N2O2/c1-12(2,3)15-9-13(4,5)14-8-10(15)6-7-11(16)17/h10,14H,6-9H2,1-5H3,(H,16,17). The highest BCUT2D eigenvalue weighted by Gasteiger charge is 2.37. The molecule has 0 bridgehead atoms. The van der Waals surface area contributed by atoms with Crippen LogP contribution in [-0.4, -0.2) is 46.2 Å². The maximum absolute atomic E-state index is 10.7. The van der Waals surface area contributed by atoms with E-state index in [0.717, 1.165) is 19.5 Å². The number of carboxylic acid groups (broad SMARTS) is 1. The van der Waals surface area contributed by atoms with Crippen LogP contribution in [0.2, 0.25) is 0 Å². The lowest BCUT2D eigenvalue weighted by Gasteiger charge is -2.50. The van der Waals surface area contributed by atoms with Crippen molar-refractivity contribution in [3.63, 3.8) is 0 Å². The Hall–Kier alpha value is -0.610. The maximum Gasteiger partial charge on any atom is 0.303 e. The van der Waals surface area contributed by atoms with Crippen LogP contribution in [0, 0.1) is 0 Å². The molecule has 1 rings (SSSR count). The molecule has 1 aliphatic rings. The fourth-order valence-corrected chi connectivity index (χ4v) is 2.45. The summed E-state index contributed by atoms with van der Waals surface area (Å²) < 4.78 is 0. The highest BCUT2D eigenvalue weighted by atomic mass is 16.4. The molecule has 1 fully saturated rings. The number of piperazine rings is 1. The van der Waals surface area contributed by atoms with Crippen molar-refractivity contribution in [3.8, 4) is 0 Å².